The van der Waals surface area contributed by atoms with Crippen molar-refractivity contribution in [3.05, 3.63) is 42.5 Å². The Labute approximate surface area is 94.9 Å². The minimum absolute atomic E-state index is 0.242. The van der Waals surface area contributed by atoms with E-state index in [0.717, 1.165) is 5.69 Å². The van der Waals surface area contributed by atoms with Crippen LogP contribution in [0.3, 0.4) is 0 Å². The Hall–Kier alpha value is -1.88. The lowest BCUT2D eigenvalue weighted by atomic mass is 10.2. The van der Waals surface area contributed by atoms with Gasteiger partial charge in [0, 0.05) is 11.9 Å². The van der Waals surface area contributed by atoms with Gasteiger partial charge in [0.1, 0.15) is 4.86 Å². The quantitative estimate of drug-likeness (QED) is 0.780. The largest absolute Gasteiger partial charge is 0.359 e. The van der Waals surface area contributed by atoms with E-state index >= 15 is 0 Å². The van der Waals surface area contributed by atoms with E-state index in [1.54, 1.807) is 12.3 Å². The number of hydrogen-bond acceptors (Lipinski definition) is 4. The van der Waals surface area contributed by atoms with Crippen LogP contribution in [0.15, 0.2) is 47.5 Å². The van der Waals surface area contributed by atoms with Crippen molar-refractivity contribution in [2.24, 2.45) is 4.99 Å². The first kappa shape index (κ1) is 10.6. The minimum atomic E-state index is -2.25. The molecule has 1 N–H and O–H groups in total. The number of benzene rings is 1. The third-order valence-electron chi connectivity index (χ3n) is 2.12. The molecule has 1 aromatic rings. The smallest absolute Gasteiger partial charge is 0.221 e. The summed E-state index contributed by atoms with van der Waals surface area (Å²) in [6.07, 6.45) is 4.19. The van der Waals surface area contributed by atoms with Crippen LogP contribution in [0.4, 0.5) is 5.69 Å². The molecule has 1 atom stereocenters. The molecule has 4 nitrogen and oxygen atoms in total. The maximum atomic E-state index is 11.0. The summed E-state index contributed by atoms with van der Waals surface area (Å²) in [4.78, 5) is 4.32. The van der Waals surface area contributed by atoms with Crippen molar-refractivity contribution >= 4 is 27.1 Å². The number of dihydropyridines is 1. The molecule has 1 aromatic carbocycles. The third-order valence-corrected chi connectivity index (χ3v) is 2.87. The van der Waals surface area contributed by atoms with Gasteiger partial charge in [-0.05, 0) is 24.3 Å². The van der Waals surface area contributed by atoms with E-state index in [9.17, 15) is 8.42 Å². The van der Waals surface area contributed by atoms with Crippen LogP contribution in [0.1, 0.15) is 0 Å². The summed E-state index contributed by atoms with van der Waals surface area (Å²) in [6, 6.07) is 9.36. The first-order valence-electron chi connectivity index (χ1n) is 4.75. The molecule has 0 spiro atoms. The van der Waals surface area contributed by atoms with Crippen LogP contribution >= 0.6 is 0 Å². The van der Waals surface area contributed by atoms with Crippen LogP contribution < -0.4 is 5.32 Å². The third kappa shape index (κ3) is 2.38. The fourth-order valence-corrected chi connectivity index (χ4v) is 1.88. The van der Waals surface area contributed by atoms with Gasteiger partial charge in [-0.3, -0.25) is 4.99 Å². The van der Waals surface area contributed by atoms with Crippen LogP contribution in [-0.2, 0) is 10.3 Å². The number of anilines is 1. The summed E-state index contributed by atoms with van der Waals surface area (Å²) in [5.74, 6) is 0. The molecule has 0 fully saturated rings. The molecule has 0 amide bonds. The van der Waals surface area contributed by atoms with Gasteiger partial charge in [-0.25, -0.2) is 0 Å². The molecule has 0 aromatic heterocycles. The summed E-state index contributed by atoms with van der Waals surface area (Å²) < 4.78 is 21.9. The van der Waals surface area contributed by atoms with E-state index in [-0.39, 0.29) is 4.86 Å². The van der Waals surface area contributed by atoms with E-state index < -0.39 is 16.5 Å². The van der Waals surface area contributed by atoms with Gasteiger partial charge >= 0.3 is 0 Å². The Morgan fingerprint density at radius 1 is 1.19 bits per heavy atom. The molecule has 1 aliphatic heterocycles. The fraction of sp³-hybridized carbons (Fsp3) is 0.0909. The van der Waals surface area contributed by atoms with Crippen molar-refractivity contribution in [1.82, 2.24) is 0 Å². The zero-order valence-corrected chi connectivity index (χ0v) is 9.18. The van der Waals surface area contributed by atoms with E-state index in [1.807, 2.05) is 30.3 Å². The van der Waals surface area contributed by atoms with E-state index in [1.165, 1.54) is 6.08 Å². The highest BCUT2D eigenvalue weighted by atomic mass is 32.2. The lowest BCUT2D eigenvalue weighted by molar-refractivity contribution is 0.626. The Balaban J connectivity index is 2.26. The van der Waals surface area contributed by atoms with E-state index in [2.05, 4.69) is 10.3 Å². The van der Waals surface area contributed by atoms with E-state index in [4.69, 9.17) is 0 Å². The van der Waals surface area contributed by atoms with Crippen molar-refractivity contribution < 1.29 is 8.42 Å². The van der Waals surface area contributed by atoms with Crippen LogP contribution in [0.2, 0.25) is 0 Å². The van der Waals surface area contributed by atoms with Crippen LogP contribution in [0.5, 0.6) is 0 Å². The summed E-state index contributed by atoms with van der Waals surface area (Å²) in [7, 11) is -2.25. The number of aliphatic imine (C=N–C) groups is 1. The molecule has 0 saturated heterocycles. The van der Waals surface area contributed by atoms with Crippen LogP contribution in [-0.4, -0.2) is 25.7 Å². The molecule has 5 heteroatoms. The van der Waals surface area contributed by atoms with Gasteiger partial charge in [0.2, 0.25) is 10.3 Å². The highest BCUT2D eigenvalue weighted by molar-refractivity contribution is 7.73. The molecular formula is C11H10N2O2S. The summed E-state index contributed by atoms with van der Waals surface area (Å²) in [6.45, 7) is 0. The predicted molar refractivity (Wildman–Crippen MR) is 65.4 cm³/mol. The molecule has 1 aliphatic rings. The molecule has 0 radical (unpaired) electrons. The molecule has 2 rings (SSSR count). The summed E-state index contributed by atoms with van der Waals surface area (Å²) in [5.41, 5.74) is 0.836. The highest BCUT2D eigenvalue weighted by Gasteiger charge is 2.15. The first-order valence-corrected chi connectivity index (χ1v) is 5.82. The lowest BCUT2D eigenvalue weighted by Crippen LogP contribution is -2.28. The molecule has 82 valence electrons. The van der Waals surface area contributed by atoms with Crippen molar-refractivity contribution in [2.75, 3.05) is 5.32 Å². The maximum Gasteiger partial charge on any atom is 0.221 e. The van der Waals surface area contributed by atoms with E-state index in [0.29, 0.717) is 0 Å². The second-order valence-electron chi connectivity index (χ2n) is 3.21. The van der Waals surface area contributed by atoms with Crippen LogP contribution in [0, 0.1) is 0 Å². The van der Waals surface area contributed by atoms with Gasteiger partial charge in [0.25, 0.3) is 0 Å². The lowest BCUT2D eigenvalue weighted by Gasteiger charge is -2.15. The number of rotatable bonds is 2. The number of para-hydroxylation sites is 1. The monoisotopic (exact) mass is 234 g/mol. The topological polar surface area (TPSA) is 58.5 Å². The van der Waals surface area contributed by atoms with Crippen molar-refractivity contribution in [2.45, 2.75) is 6.17 Å². The zero-order valence-electron chi connectivity index (χ0n) is 8.37. The van der Waals surface area contributed by atoms with Gasteiger partial charge in [0.05, 0.1) is 0 Å². The first-order chi connectivity index (χ1) is 7.77. The molecule has 1 unspecified atom stereocenters. The molecule has 16 heavy (non-hydrogen) atoms. The van der Waals surface area contributed by atoms with Gasteiger partial charge in [-0.15, -0.1) is 0 Å². The van der Waals surface area contributed by atoms with Gasteiger partial charge in [0.15, 0.2) is 6.17 Å². The maximum absolute atomic E-state index is 11.0. The second kappa shape index (κ2) is 4.76. The average Bonchev–Trinajstić information content (AvgIpc) is 2.31. The van der Waals surface area contributed by atoms with Gasteiger partial charge in [-0.1, -0.05) is 18.2 Å². The zero-order chi connectivity index (χ0) is 11.4. The SMILES string of the molecule is O=S(=O)=C1C=CC=NC1Nc1ccccc1. The second-order valence-corrected chi connectivity index (χ2v) is 4.15. The molecule has 0 bridgehead atoms. The Bertz CT molecular complexity index is 551. The van der Waals surface area contributed by atoms with Crippen molar-refractivity contribution in [3.8, 4) is 0 Å². The number of nitrogens with zero attached hydrogens (tertiary/aromatic N) is 1. The molecule has 0 aliphatic carbocycles. The van der Waals surface area contributed by atoms with Crippen LogP contribution in [0.25, 0.3) is 0 Å². The average molecular weight is 234 g/mol. The Morgan fingerprint density at radius 2 is 1.94 bits per heavy atom. The summed E-state index contributed by atoms with van der Waals surface area (Å²) >= 11 is 0. The fourth-order valence-electron chi connectivity index (χ4n) is 1.39. The molecular weight excluding hydrogens is 224 g/mol. The Kier molecular flexibility index (Phi) is 3.16. The molecule has 0 saturated carbocycles. The standard InChI is InChI=1S/C11H10N2O2S/c14-16(15)10-7-4-8-12-11(10)13-9-5-2-1-3-6-9/h1-8,11,13H. The number of allylic oxidation sites excluding steroid dienone is 1. The van der Waals surface area contributed by atoms with Crippen molar-refractivity contribution in [3.63, 3.8) is 0 Å². The minimum Gasteiger partial charge on any atom is -0.359 e. The molecule has 1 heterocycles. The number of hydrogen-bond donors (Lipinski definition) is 1. The van der Waals surface area contributed by atoms with Gasteiger partial charge in [-0.2, -0.15) is 8.42 Å². The van der Waals surface area contributed by atoms with Crippen molar-refractivity contribution in [1.29, 1.82) is 0 Å². The Morgan fingerprint density at radius 3 is 2.62 bits per heavy atom. The van der Waals surface area contributed by atoms with Gasteiger partial charge < -0.3 is 5.32 Å². The predicted octanol–water partition coefficient (Wildman–Crippen LogP) is 1.12. The summed E-state index contributed by atoms with van der Waals surface area (Å²) in [5, 5.41) is 3.03. The highest BCUT2D eigenvalue weighted by Crippen LogP contribution is 2.10. The number of nitrogens with one attached hydrogen (secondary N) is 1. The normalized spacial score (nSPS) is 18.5.